The van der Waals surface area contributed by atoms with Crippen LogP contribution in [0.15, 0.2) is 162 Å². The lowest BCUT2D eigenvalue weighted by molar-refractivity contribution is 0.461. The number of nitrogens with zero attached hydrogens (tertiary/aromatic N) is 5. The highest BCUT2D eigenvalue weighted by atomic mass is 32.2. The summed E-state index contributed by atoms with van der Waals surface area (Å²) in [7, 11) is 0. The first-order valence-electron chi connectivity index (χ1n) is 15.3. The zero-order valence-corrected chi connectivity index (χ0v) is 27.2. The zero-order valence-electron chi connectivity index (χ0n) is 25.6. The quantitative estimate of drug-likeness (QED) is 0.122. The van der Waals surface area contributed by atoms with Crippen LogP contribution >= 0.6 is 23.1 Å². The van der Waals surface area contributed by atoms with Gasteiger partial charge in [0.2, 0.25) is 0 Å². The minimum Gasteiger partial charge on any atom is -0.255 e. The Bertz CT molecular complexity index is 2190. The maximum Gasteiger partial charge on any atom is 0.138 e. The molecule has 0 spiro atoms. The topological polar surface area (TPSA) is 56.5 Å². The average molecular weight is 644 g/mol. The first-order chi connectivity index (χ1) is 23.3. The summed E-state index contributed by atoms with van der Waals surface area (Å²) in [5.41, 5.74) is 7.99. The fraction of sp³-hybridized carbons (Fsp3) is 0.0500. The molecule has 0 bridgehead atoms. The average Bonchev–Trinajstić information content (AvgIpc) is 3.82. The summed E-state index contributed by atoms with van der Waals surface area (Å²) >= 11 is 3.49. The summed E-state index contributed by atoms with van der Waals surface area (Å²) < 4.78 is 3.38. The first-order valence-corrected chi connectivity index (χ1v) is 17.4. The molecule has 4 heterocycles. The molecule has 226 valence electrons. The van der Waals surface area contributed by atoms with Gasteiger partial charge in [0.25, 0.3) is 0 Å². The Morgan fingerprint density at radius 1 is 0.638 bits per heavy atom. The lowest BCUT2D eigenvalue weighted by atomic mass is 9.77. The number of pyridine rings is 1. The molecule has 7 heteroatoms. The van der Waals surface area contributed by atoms with Crippen molar-refractivity contribution in [2.24, 2.45) is 0 Å². The van der Waals surface area contributed by atoms with Gasteiger partial charge in [-0.15, -0.1) is 23.1 Å². The van der Waals surface area contributed by atoms with Gasteiger partial charge in [0, 0.05) is 23.3 Å². The van der Waals surface area contributed by atoms with Crippen LogP contribution in [0.3, 0.4) is 0 Å². The van der Waals surface area contributed by atoms with E-state index in [9.17, 15) is 0 Å². The van der Waals surface area contributed by atoms with E-state index >= 15 is 0 Å². The number of aromatic nitrogens is 5. The van der Waals surface area contributed by atoms with E-state index in [1.54, 1.807) is 29.4 Å². The molecule has 0 saturated heterocycles. The van der Waals surface area contributed by atoms with E-state index in [1.165, 1.54) is 4.21 Å². The molecule has 4 aromatic carbocycles. The second-order valence-corrected chi connectivity index (χ2v) is 13.3. The molecular formula is C40H29N5S2. The Hall–Kier alpha value is -5.37. The van der Waals surface area contributed by atoms with Crippen molar-refractivity contribution in [2.45, 2.75) is 9.75 Å². The van der Waals surface area contributed by atoms with E-state index < -0.39 is 5.54 Å². The second kappa shape index (κ2) is 12.4. The van der Waals surface area contributed by atoms with Crippen molar-refractivity contribution >= 4 is 34.0 Å². The molecule has 5 nitrogen and oxygen atoms in total. The Labute approximate surface area is 281 Å². The van der Waals surface area contributed by atoms with Crippen LogP contribution < -0.4 is 0 Å². The molecule has 0 aliphatic carbocycles. The number of thioether (sulfide) groups is 1. The minimum absolute atomic E-state index is 0.762. The molecule has 0 N–H and O–H groups in total. The maximum absolute atomic E-state index is 5.46. The van der Waals surface area contributed by atoms with Crippen LogP contribution in [0.5, 0.6) is 0 Å². The fourth-order valence-corrected chi connectivity index (χ4v) is 7.92. The van der Waals surface area contributed by atoms with E-state index in [1.807, 2.05) is 24.4 Å². The predicted molar refractivity (Wildman–Crippen MR) is 194 cm³/mol. The Morgan fingerprint density at radius 2 is 1.30 bits per heavy atom. The normalized spacial score (nSPS) is 11.6. The molecule has 0 amide bonds. The van der Waals surface area contributed by atoms with E-state index in [4.69, 9.17) is 15.1 Å². The fourth-order valence-electron chi connectivity index (χ4n) is 6.36. The van der Waals surface area contributed by atoms with E-state index in [-0.39, 0.29) is 0 Å². The van der Waals surface area contributed by atoms with Crippen LogP contribution in [0.25, 0.3) is 44.0 Å². The molecule has 8 aromatic rings. The van der Waals surface area contributed by atoms with Crippen molar-refractivity contribution in [3.8, 4) is 33.1 Å². The Balaban J connectivity index is 1.42. The van der Waals surface area contributed by atoms with Crippen molar-refractivity contribution in [1.82, 2.24) is 24.7 Å². The van der Waals surface area contributed by atoms with Crippen molar-refractivity contribution in [1.29, 1.82) is 0 Å². The summed E-state index contributed by atoms with van der Waals surface area (Å²) in [5.74, 6) is 0. The number of hydrogen-bond acceptors (Lipinski definition) is 6. The van der Waals surface area contributed by atoms with Crippen molar-refractivity contribution in [3.05, 3.63) is 175 Å². The molecule has 8 rings (SSSR count). The highest BCUT2D eigenvalue weighted by Gasteiger charge is 2.40. The number of benzene rings is 4. The van der Waals surface area contributed by atoms with Crippen LogP contribution in [0.2, 0.25) is 0 Å². The molecule has 0 radical (unpaired) electrons. The predicted octanol–water partition coefficient (Wildman–Crippen LogP) is 9.85. The largest absolute Gasteiger partial charge is 0.255 e. The Kier molecular flexibility index (Phi) is 7.69. The van der Waals surface area contributed by atoms with Crippen LogP contribution in [-0.4, -0.2) is 31.0 Å². The lowest BCUT2D eigenvalue weighted by Crippen LogP contribution is -2.38. The summed E-state index contributed by atoms with van der Waals surface area (Å²) in [4.78, 5) is 15.3. The zero-order chi connectivity index (χ0) is 31.6. The number of fused-ring (bicyclic) bond motifs is 1. The third-order valence-electron chi connectivity index (χ3n) is 8.50. The number of thiophene rings is 1. The Morgan fingerprint density at radius 3 is 1.89 bits per heavy atom. The minimum atomic E-state index is -0.762. The van der Waals surface area contributed by atoms with E-state index in [0.29, 0.717) is 0 Å². The second-order valence-electron chi connectivity index (χ2n) is 11.1. The van der Waals surface area contributed by atoms with Gasteiger partial charge in [-0.25, -0.2) is 9.97 Å². The number of rotatable bonds is 8. The van der Waals surface area contributed by atoms with Gasteiger partial charge in [-0.1, -0.05) is 103 Å². The molecule has 0 atom stereocenters. The van der Waals surface area contributed by atoms with Gasteiger partial charge in [-0.3, -0.25) is 9.67 Å². The van der Waals surface area contributed by atoms with Gasteiger partial charge in [0.15, 0.2) is 0 Å². The number of hydrogen-bond donors (Lipinski definition) is 0. The van der Waals surface area contributed by atoms with Crippen molar-refractivity contribution < 1.29 is 0 Å². The van der Waals surface area contributed by atoms with Crippen LogP contribution in [0, 0.1) is 0 Å². The van der Waals surface area contributed by atoms with Gasteiger partial charge >= 0.3 is 0 Å². The lowest BCUT2D eigenvalue weighted by Gasteiger charge is -2.36. The molecule has 0 unspecified atom stereocenters. The van der Waals surface area contributed by atoms with Crippen molar-refractivity contribution in [3.63, 3.8) is 0 Å². The molecule has 0 saturated carbocycles. The maximum atomic E-state index is 5.46. The van der Waals surface area contributed by atoms with Crippen LogP contribution in [-0.2, 0) is 5.54 Å². The SMILES string of the molecule is CSc1ccc(-c2ncnc3ccc(-c4cn(C(c5ccccc5)(c5ccccc5)c5ccccc5)nc4-c4ccccn4)cc23)s1. The van der Waals surface area contributed by atoms with Gasteiger partial charge in [-0.2, -0.15) is 5.10 Å². The molecular weight excluding hydrogens is 615 g/mol. The highest BCUT2D eigenvalue weighted by Crippen LogP contribution is 2.44. The van der Waals surface area contributed by atoms with Gasteiger partial charge in [-0.05, 0) is 64.9 Å². The molecule has 0 fully saturated rings. The van der Waals surface area contributed by atoms with Crippen LogP contribution in [0.1, 0.15) is 16.7 Å². The standard InChI is InChI=1S/C40H29N5S2/c1-46-37-23-22-36(47-37)39-32-25-28(20-21-34(32)42-27-43-39)33-26-45(44-38(33)35-19-11-12-24-41-35)40(29-13-5-2-6-14-29,30-15-7-3-8-16-30)31-17-9-4-10-18-31/h2-27H,1H3. The summed E-state index contributed by atoms with van der Waals surface area (Å²) in [5, 5.41) is 6.46. The van der Waals surface area contributed by atoms with Gasteiger partial charge in [0.05, 0.1) is 26.0 Å². The highest BCUT2D eigenvalue weighted by molar-refractivity contribution is 8.00. The van der Waals surface area contributed by atoms with Crippen LogP contribution in [0.4, 0.5) is 0 Å². The third-order valence-corrected chi connectivity index (χ3v) is 10.7. The molecule has 4 aromatic heterocycles. The van der Waals surface area contributed by atoms with E-state index in [2.05, 4.69) is 143 Å². The van der Waals surface area contributed by atoms with Gasteiger partial charge in [0.1, 0.15) is 17.6 Å². The summed E-state index contributed by atoms with van der Waals surface area (Å²) in [6.07, 6.45) is 7.76. The molecule has 47 heavy (non-hydrogen) atoms. The monoisotopic (exact) mass is 643 g/mol. The van der Waals surface area contributed by atoms with Crippen molar-refractivity contribution in [2.75, 3.05) is 6.26 Å². The first kappa shape index (κ1) is 29.1. The molecule has 0 aliphatic rings. The smallest absolute Gasteiger partial charge is 0.138 e. The molecule has 0 aliphatic heterocycles. The summed E-state index contributed by atoms with van der Waals surface area (Å²) in [6, 6.07) is 48.5. The van der Waals surface area contributed by atoms with E-state index in [0.717, 1.165) is 60.7 Å². The third kappa shape index (κ3) is 5.14. The summed E-state index contributed by atoms with van der Waals surface area (Å²) in [6.45, 7) is 0. The van der Waals surface area contributed by atoms with Gasteiger partial charge < -0.3 is 0 Å².